The van der Waals surface area contributed by atoms with Crippen LogP contribution >= 0.6 is 27.7 Å². The van der Waals surface area contributed by atoms with Crippen molar-refractivity contribution >= 4 is 51.3 Å². The summed E-state index contributed by atoms with van der Waals surface area (Å²) in [6.07, 6.45) is 2.81. The first-order valence-corrected chi connectivity index (χ1v) is 11.3. The van der Waals surface area contributed by atoms with Crippen LogP contribution in [-0.4, -0.2) is 30.6 Å². The zero-order chi connectivity index (χ0) is 21.5. The van der Waals surface area contributed by atoms with Crippen molar-refractivity contribution in [3.8, 4) is 5.75 Å². The van der Waals surface area contributed by atoms with Crippen LogP contribution in [0.2, 0.25) is 0 Å². The lowest BCUT2D eigenvalue weighted by Crippen LogP contribution is -2.30. The van der Waals surface area contributed by atoms with Gasteiger partial charge in [-0.15, -0.1) is 0 Å². The monoisotopic (exact) mass is 490 g/mol. The largest absolute Gasteiger partial charge is 0.481 e. The van der Waals surface area contributed by atoms with Crippen molar-refractivity contribution in [1.29, 1.82) is 0 Å². The number of hydrogen-bond donors (Lipinski definition) is 2. The van der Waals surface area contributed by atoms with Crippen LogP contribution in [0.1, 0.15) is 25.0 Å². The zero-order valence-electron chi connectivity index (χ0n) is 16.7. The van der Waals surface area contributed by atoms with Crippen LogP contribution < -0.4 is 15.4 Å². The Morgan fingerprint density at radius 3 is 2.67 bits per heavy atom. The molecule has 2 N–H and O–H groups in total. The lowest BCUT2D eigenvalue weighted by molar-refractivity contribution is -0.145. The minimum atomic E-state index is -0.419. The second-order valence-corrected chi connectivity index (χ2v) is 8.46. The van der Waals surface area contributed by atoms with Gasteiger partial charge in [0.15, 0.2) is 12.1 Å². The molecular formula is C22H23BrN2O4S. The number of nitrogens with one attached hydrogen (secondary N) is 2. The number of halogens is 1. The molecule has 0 saturated carbocycles. The van der Waals surface area contributed by atoms with E-state index in [2.05, 4.69) is 45.6 Å². The minimum absolute atomic E-state index is 0.124. The van der Waals surface area contributed by atoms with Gasteiger partial charge >= 0.3 is 5.97 Å². The van der Waals surface area contributed by atoms with Gasteiger partial charge in [0, 0.05) is 5.69 Å². The molecule has 30 heavy (non-hydrogen) atoms. The molecule has 158 valence electrons. The molecule has 0 bridgehead atoms. The van der Waals surface area contributed by atoms with E-state index in [1.54, 1.807) is 13.0 Å². The molecule has 0 radical (unpaired) electrons. The average Bonchev–Trinajstić information content (AvgIpc) is 3.07. The van der Waals surface area contributed by atoms with Crippen LogP contribution in [0.4, 0.5) is 5.69 Å². The fourth-order valence-electron chi connectivity index (χ4n) is 2.77. The summed E-state index contributed by atoms with van der Waals surface area (Å²) in [6.45, 7) is 4.02. The fourth-order valence-corrected chi connectivity index (χ4v) is 4.26. The normalized spacial score (nSPS) is 17.0. The number of amides is 1. The molecular weight excluding hydrogens is 468 g/mol. The Balaban J connectivity index is 1.62. The van der Waals surface area contributed by atoms with Gasteiger partial charge in [0.2, 0.25) is 0 Å². The van der Waals surface area contributed by atoms with E-state index < -0.39 is 5.97 Å². The fraction of sp³-hybridized carbons (Fsp3) is 0.273. The number of aryl methyl sites for hydroxylation is 1. The van der Waals surface area contributed by atoms with Crippen molar-refractivity contribution in [1.82, 2.24) is 5.32 Å². The van der Waals surface area contributed by atoms with Crippen molar-refractivity contribution < 1.29 is 19.1 Å². The lowest BCUT2D eigenvalue weighted by atomic mass is 10.1. The van der Waals surface area contributed by atoms with Crippen LogP contribution in [0, 0.1) is 0 Å². The maximum atomic E-state index is 12.3. The number of ether oxygens (including phenoxy) is 2. The van der Waals surface area contributed by atoms with Gasteiger partial charge in [-0.3, -0.25) is 4.79 Å². The Labute approximate surface area is 188 Å². The number of carbonyl (C=O) groups is 2. The summed E-state index contributed by atoms with van der Waals surface area (Å²) in [7, 11) is 0. The summed E-state index contributed by atoms with van der Waals surface area (Å²) in [5.41, 5.74) is 2.84. The third kappa shape index (κ3) is 6.03. The van der Waals surface area contributed by atoms with Crippen LogP contribution in [0.3, 0.4) is 0 Å². The van der Waals surface area contributed by atoms with Crippen LogP contribution in [0.25, 0.3) is 6.08 Å². The van der Waals surface area contributed by atoms with E-state index in [4.69, 9.17) is 9.47 Å². The Morgan fingerprint density at radius 2 is 2.00 bits per heavy atom. The summed E-state index contributed by atoms with van der Waals surface area (Å²) in [5.74, 6) is -0.0114. The summed E-state index contributed by atoms with van der Waals surface area (Å²) in [6, 6.07) is 13.6. The average molecular weight is 491 g/mol. The van der Waals surface area contributed by atoms with Crippen molar-refractivity contribution in [3.63, 3.8) is 0 Å². The molecule has 0 aliphatic carbocycles. The summed E-state index contributed by atoms with van der Waals surface area (Å²) >= 11 is 4.87. The Morgan fingerprint density at radius 1 is 1.23 bits per heavy atom. The molecule has 1 amide bonds. The standard InChI is InChI=1S/C22H23BrN2O4S/c1-3-14-5-8-16(9-6-14)24-22-25-21(27)19(30-22)12-15-7-10-18(17(23)11-15)29-13-20(26)28-4-2/h5-12,22,24H,3-4,13H2,1-2H3,(H,25,27)/b19-12-. The Bertz CT molecular complexity index is 947. The number of rotatable bonds is 8. The molecule has 0 aromatic heterocycles. The highest BCUT2D eigenvalue weighted by molar-refractivity contribution is 9.10. The van der Waals surface area contributed by atoms with E-state index in [0.29, 0.717) is 21.7 Å². The summed E-state index contributed by atoms with van der Waals surface area (Å²) in [5, 5.41) is 6.24. The molecule has 0 spiro atoms. The van der Waals surface area contributed by atoms with E-state index in [9.17, 15) is 9.59 Å². The number of anilines is 1. The van der Waals surface area contributed by atoms with Gasteiger partial charge < -0.3 is 20.1 Å². The van der Waals surface area contributed by atoms with Crippen molar-refractivity contribution in [3.05, 3.63) is 63.0 Å². The van der Waals surface area contributed by atoms with Gasteiger partial charge in [-0.25, -0.2) is 4.79 Å². The molecule has 2 aromatic carbocycles. The molecule has 8 heteroatoms. The number of hydrogen-bond acceptors (Lipinski definition) is 6. The third-order valence-corrected chi connectivity index (χ3v) is 5.94. The number of carbonyl (C=O) groups excluding carboxylic acids is 2. The Kier molecular flexibility index (Phi) is 7.81. The van der Waals surface area contributed by atoms with Gasteiger partial charge in [0.1, 0.15) is 5.75 Å². The summed E-state index contributed by atoms with van der Waals surface area (Å²) in [4.78, 5) is 24.4. The highest BCUT2D eigenvalue weighted by Crippen LogP contribution is 2.32. The van der Waals surface area contributed by atoms with Crippen LogP contribution in [0.15, 0.2) is 51.8 Å². The number of thioether (sulfide) groups is 1. The number of benzene rings is 2. The SMILES string of the molecule is CCOC(=O)COc1ccc(/C=C2\SC(Nc3ccc(CC)cc3)NC2=O)cc1Br. The maximum absolute atomic E-state index is 12.3. The molecule has 1 unspecified atom stereocenters. The third-order valence-electron chi connectivity index (χ3n) is 4.30. The second-order valence-electron chi connectivity index (χ2n) is 6.46. The van der Waals surface area contributed by atoms with Crippen LogP contribution in [-0.2, 0) is 20.7 Å². The minimum Gasteiger partial charge on any atom is -0.481 e. The first-order chi connectivity index (χ1) is 14.5. The van der Waals surface area contributed by atoms with Crippen molar-refractivity contribution in [2.24, 2.45) is 0 Å². The predicted molar refractivity (Wildman–Crippen MR) is 123 cm³/mol. The molecule has 1 fully saturated rings. The Hall–Kier alpha value is -2.45. The zero-order valence-corrected chi connectivity index (χ0v) is 19.1. The molecule has 1 atom stereocenters. The molecule has 1 aliphatic rings. The molecule has 1 saturated heterocycles. The summed E-state index contributed by atoms with van der Waals surface area (Å²) < 4.78 is 11.0. The number of esters is 1. The molecule has 2 aromatic rings. The molecule has 1 aliphatic heterocycles. The van der Waals surface area contributed by atoms with Crippen molar-refractivity contribution in [2.75, 3.05) is 18.5 Å². The molecule has 3 rings (SSSR count). The highest BCUT2D eigenvalue weighted by atomic mass is 79.9. The lowest BCUT2D eigenvalue weighted by Gasteiger charge is -2.12. The topological polar surface area (TPSA) is 76.7 Å². The first kappa shape index (κ1) is 22.2. The van der Waals surface area contributed by atoms with Gasteiger partial charge in [-0.05, 0) is 70.7 Å². The predicted octanol–water partition coefficient (Wildman–Crippen LogP) is 4.55. The maximum Gasteiger partial charge on any atom is 0.344 e. The molecule has 6 nitrogen and oxygen atoms in total. The smallest absolute Gasteiger partial charge is 0.344 e. The molecule has 1 heterocycles. The van der Waals surface area contributed by atoms with Crippen LogP contribution in [0.5, 0.6) is 5.75 Å². The van der Waals surface area contributed by atoms with Gasteiger partial charge in [-0.1, -0.05) is 36.9 Å². The second kappa shape index (κ2) is 10.5. The quantitative estimate of drug-likeness (QED) is 0.417. The van der Waals surface area contributed by atoms with E-state index in [-0.39, 0.29) is 18.0 Å². The highest BCUT2D eigenvalue weighted by Gasteiger charge is 2.27. The van der Waals surface area contributed by atoms with E-state index in [1.807, 2.05) is 30.3 Å². The van der Waals surface area contributed by atoms with Crippen molar-refractivity contribution in [2.45, 2.75) is 25.8 Å². The van der Waals surface area contributed by atoms with E-state index in [0.717, 1.165) is 17.7 Å². The first-order valence-electron chi connectivity index (χ1n) is 9.61. The van der Waals surface area contributed by atoms with Gasteiger partial charge in [0.25, 0.3) is 5.91 Å². The van der Waals surface area contributed by atoms with E-state index >= 15 is 0 Å². The van der Waals surface area contributed by atoms with E-state index in [1.165, 1.54) is 17.3 Å². The van der Waals surface area contributed by atoms with Gasteiger partial charge in [-0.2, -0.15) is 0 Å². The van der Waals surface area contributed by atoms with Gasteiger partial charge in [0.05, 0.1) is 16.0 Å².